The van der Waals surface area contributed by atoms with E-state index < -0.39 is 11.7 Å². The molecule has 154 valence electrons. The molecule has 1 aromatic carbocycles. The van der Waals surface area contributed by atoms with Crippen LogP contribution in [0.2, 0.25) is 5.15 Å². The SMILES string of the molecule is Cc1cc(-n2nc(N(C)Cc3ccccc3)c3cnc(Cl)cc32)nc(C(C)(F)F)n1. The summed E-state index contributed by atoms with van der Waals surface area (Å²) in [5.41, 5.74) is 2.14. The fourth-order valence-corrected chi connectivity index (χ4v) is 3.37. The highest BCUT2D eigenvalue weighted by molar-refractivity contribution is 6.30. The van der Waals surface area contributed by atoms with E-state index in [9.17, 15) is 8.78 Å². The summed E-state index contributed by atoms with van der Waals surface area (Å²) in [4.78, 5) is 14.1. The van der Waals surface area contributed by atoms with E-state index in [4.69, 9.17) is 11.6 Å². The van der Waals surface area contributed by atoms with Gasteiger partial charge in [-0.25, -0.2) is 19.6 Å². The third-order valence-electron chi connectivity index (χ3n) is 4.59. The summed E-state index contributed by atoms with van der Waals surface area (Å²) in [7, 11) is 1.91. The number of fused-ring (bicyclic) bond motifs is 1. The van der Waals surface area contributed by atoms with Gasteiger partial charge in [-0.15, -0.1) is 5.10 Å². The number of aromatic nitrogens is 5. The normalized spacial score (nSPS) is 11.8. The van der Waals surface area contributed by atoms with Crippen LogP contribution in [0.3, 0.4) is 0 Å². The van der Waals surface area contributed by atoms with Gasteiger partial charge >= 0.3 is 5.92 Å². The predicted molar refractivity (Wildman–Crippen MR) is 112 cm³/mol. The minimum Gasteiger partial charge on any atom is -0.353 e. The monoisotopic (exact) mass is 428 g/mol. The van der Waals surface area contributed by atoms with E-state index in [1.807, 2.05) is 42.3 Å². The van der Waals surface area contributed by atoms with Crippen molar-refractivity contribution in [2.24, 2.45) is 0 Å². The Morgan fingerprint density at radius 3 is 2.57 bits per heavy atom. The van der Waals surface area contributed by atoms with Gasteiger partial charge in [0.1, 0.15) is 5.15 Å². The number of pyridine rings is 1. The van der Waals surface area contributed by atoms with Crippen molar-refractivity contribution >= 4 is 28.3 Å². The number of halogens is 3. The van der Waals surface area contributed by atoms with Crippen LogP contribution < -0.4 is 4.90 Å². The average Bonchev–Trinajstić information content (AvgIpc) is 3.06. The van der Waals surface area contributed by atoms with Crippen LogP contribution in [0.4, 0.5) is 14.6 Å². The van der Waals surface area contributed by atoms with Crippen LogP contribution >= 0.6 is 11.6 Å². The van der Waals surface area contributed by atoms with Gasteiger partial charge in [0.05, 0.1) is 10.9 Å². The van der Waals surface area contributed by atoms with Crippen molar-refractivity contribution < 1.29 is 8.78 Å². The van der Waals surface area contributed by atoms with E-state index in [2.05, 4.69) is 20.1 Å². The lowest BCUT2D eigenvalue weighted by Gasteiger charge is -2.16. The van der Waals surface area contributed by atoms with Gasteiger partial charge in [0.25, 0.3) is 0 Å². The van der Waals surface area contributed by atoms with Crippen LogP contribution in [0.25, 0.3) is 16.7 Å². The molecular weight excluding hydrogens is 410 g/mol. The number of rotatable bonds is 5. The Morgan fingerprint density at radius 2 is 1.87 bits per heavy atom. The van der Waals surface area contributed by atoms with Gasteiger partial charge in [0.15, 0.2) is 11.6 Å². The maximum Gasteiger partial charge on any atom is 0.303 e. The van der Waals surface area contributed by atoms with Crippen molar-refractivity contribution in [2.75, 3.05) is 11.9 Å². The molecular formula is C21H19ClF2N6. The molecule has 3 heterocycles. The zero-order valence-electron chi connectivity index (χ0n) is 16.6. The molecule has 30 heavy (non-hydrogen) atoms. The van der Waals surface area contributed by atoms with Crippen molar-refractivity contribution in [1.29, 1.82) is 0 Å². The number of hydrogen-bond donors (Lipinski definition) is 0. The topological polar surface area (TPSA) is 59.7 Å². The molecule has 6 nitrogen and oxygen atoms in total. The summed E-state index contributed by atoms with van der Waals surface area (Å²) in [6, 6.07) is 13.2. The minimum atomic E-state index is -3.17. The molecule has 0 radical (unpaired) electrons. The molecule has 0 saturated carbocycles. The Labute approximate surface area is 177 Å². The van der Waals surface area contributed by atoms with E-state index in [1.165, 1.54) is 4.68 Å². The second-order valence-corrected chi connectivity index (χ2v) is 7.57. The van der Waals surface area contributed by atoms with Gasteiger partial charge in [-0.05, 0) is 12.5 Å². The predicted octanol–water partition coefficient (Wildman–Crippen LogP) is 4.92. The number of nitrogens with zero attached hydrogens (tertiary/aromatic N) is 6. The van der Waals surface area contributed by atoms with E-state index in [-0.39, 0.29) is 11.0 Å². The van der Waals surface area contributed by atoms with Gasteiger partial charge in [-0.1, -0.05) is 41.9 Å². The van der Waals surface area contributed by atoms with Gasteiger partial charge in [0, 0.05) is 44.5 Å². The molecule has 9 heteroatoms. The molecule has 3 aromatic heterocycles. The molecule has 4 rings (SSSR count). The number of benzene rings is 1. The van der Waals surface area contributed by atoms with Crippen molar-refractivity contribution in [3.8, 4) is 5.82 Å². The number of aryl methyl sites for hydroxylation is 1. The molecule has 4 aromatic rings. The first kappa shape index (κ1) is 20.2. The zero-order chi connectivity index (χ0) is 21.5. The molecule has 0 N–H and O–H groups in total. The Morgan fingerprint density at radius 1 is 1.13 bits per heavy atom. The standard InChI is InChI=1S/C21H19ClF2N6/c1-13-9-18(27-20(26-13)21(2,23)24)30-16-10-17(22)25-11-15(16)19(28-30)29(3)12-14-7-5-4-6-8-14/h4-11H,12H2,1-3H3. The van der Waals surface area contributed by atoms with E-state index in [0.29, 0.717) is 23.6 Å². The molecule has 0 unspecified atom stereocenters. The van der Waals surface area contributed by atoms with Crippen LogP contribution in [0, 0.1) is 6.92 Å². The number of alkyl halides is 2. The molecule has 0 bridgehead atoms. The van der Waals surface area contributed by atoms with Gasteiger partial charge in [0.2, 0.25) is 5.82 Å². The molecule has 0 aliphatic rings. The lowest BCUT2D eigenvalue weighted by Crippen LogP contribution is -2.18. The quantitative estimate of drug-likeness (QED) is 0.422. The zero-order valence-corrected chi connectivity index (χ0v) is 17.4. The van der Waals surface area contributed by atoms with Crippen molar-refractivity contribution in [3.05, 3.63) is 70.9 Å². The molecule has 0 aliphatic carbocycles. The summed E-state index contributed by atoms with van der Waals surface area (Å²) in [6.45, 7) is 3.02. The summed E-state index contributed by atoms with van der Waals surface area (Å²) in [5.74, 6) is -2.85. The van der Waals surface area contributed by atoms with Crippen molar-refractivity contribution in [1.82, 2.24) is 24.7 Å². The lowest BCUT2D eigenvalue weighted by molar-refractivity contribution is 0.00747. The average molecular weight is 429 g/mol. The van der Waals surface area contributed by atoms with E-state index in [0.717, 1.165) is 17.9 Å². The second-order valence-electron chi connectivity index (χ2n) is 7.18. The minimum absolute atomic E-state index is 0.241. The van der Waals surface area contributed by atoms with Gasteiger partial charge < -0.3 is 4.90 Å². The van der Waals surface area contributed by atoms with Crippen molar-refractivity contribution in [3.63, 3.8) is 0 Å². The molecule has 0 saturated heterocycles. The smallest absolute Gasteiger partial charge is 0.303 e. The third-order valence-corrected chi connectivity index (χ3v) is 4.79. The number of hydrogen-bond acceptors (Lipinski definition) is 5. The van der Waals surface area contributed by atoms with Crippen LogP contribution in [0.5, 0.6) is 0 Å². The maximum absolute atomic E-state index is 13.9. The molecule has 0 fully saturated rings. The van der Waals surface area contributed by atoms with Crippen LogP contribution in [-0.4, -0.2) is 31.8 Å². The van der Waals surface area contributed by atoms with E-state index in [1.54, 1.807) is 25.3 Å². The highest BCUT2D eigenvalue weighted by atomic mass is 35.5. The fraction of sp³-hybridized carbons (Fsp3) is 0.238. The third kappa shape index (κ3) is 3.95. The first-order valence-corrected chi connectivity index (χ1v) is 9.64. The molecule has 0 atom stereocenters. The Kier molecular flexibility index (Phi) is 5.11. The van der Waals surface area contributed by atoms with E-state index >= 15 is 0 Å². The summed E-state index contributed by atoms with van der Waals surface area (Å²) >= 11 is 6.11. The summed E-state index contributed by atoms with van der Waals surface area (Å²) in [6.07, 6.45) is 1.63. The Hall–Kier alpha value is -3.13. The molecule has 0 amide bonds. The summed E-state index contributed by atoms with van der Waals surface area (Å²) in [5, 5.41) is 5.68. The second kappa shape index (κ2) is 7.60. The van der Waals surface area contributed by atoms with Gasteiger partial charge in [-0.3, -0.25) is 0 Å². The summed E-state index contributed by atoms with van der Waals surface area (Å²) < 4.78 is 29.3. The van der Waals surface area contributed by atoms with Crippen LogP contribution in [0.15, 0.2) is 48.7 Å². The lowest BCUT2D eigenvalue weighted by atomic mass is 10.2. The maximum atomic E-state index is 13.9. The van der Waals surface area contributed by atoms with Gasteiger partial charge in [-0.2, -0.15) is 8.78 Å². The first-order valence-electron chi connectivity index (χ1n) is 9.26. The highest BCUT2D eigenvalue weighted by Gasteiger charge is 2.29. The van der Waals surface area contributed by atoms with Crippen molar-refractivity contribution in [2.45, 2.75) is 26.3 Å². The first-order chi connectivity index (χ1) is 14.2. The van der Waals surface area contributed by atoms with Crippen LogP contribution in [0.1, 0.15) is 24.0 Å². The van der Waals surface area contributed by atoms with Crippen LogP contribution in [-0.2, 0) is 12.5 Å². The number of anilines is 1. The largest absolute Gasteiger partial charge is 0.353 e. The fourth-order valence-electron chi connectivity index (χ4n) is 3.22. The highest BCUT2D eigenvalue weighted by Crippen LogP contribution is 2.30. The Balaban J connectivity index is 1.86. The molecule has 0 spiro atoms. The molecule has 0 aliphatic heterocycles. The Bertz CT molecular complexity index is 1200.